The fourth-order valence-electron chi connectivity index (χ4n) is 1.45. The van der Waals surface area contributed by atoms with E-state index in [0.717, 1.165) is 0 Å². The summed E-state index contributed by atoms with van der Waals surface area (Å²) >= 11 is 17.7. The predicted molar refractivity (Wildman–Crippen MR) is 79.9 cm³/mol. The number of hydrogen-bond donors (Lipinski definition) is 2. The van der Waals surface area contributed by atoms with Gasteiger partial charge in [0.25, 0.3) is 0 Å². The standard InChI is InChI=1S/C12H13Cl3N2O3/c1-17(3-2-11(19)20)6-10(18)16-12-8(14)4-7(13)5-9(12)15/h4-5H,2-3,6H2,1H3,(H,16,18)(H,19,20). The van der Waals surface area contributed by atoms with Gasteiger partial charge in [0.1, 0.15) is 0 Å². The number of anilines is 1. The normalized spacial score (nSPS) is 10.7. The third-order valence-corrected chi connectivity index (χ3v) is 3.21. The van der Waals surface area contributed by atoms with E-state index in [9.17, 15) is 9.59 Å². The van der Waals surface area contributed by atoms with Gasteiger partial charge in [-0.25, -0.2) is 0 Å². The molecule has 0 heterocycles. The number of rotatable bonds is 6. The molecule has 0 spiro atoms. The molecule has 110 valence electrons. The van der Waals surface area contributed by atoms with Gasteiger partial charge in [-0.15, -0.1) is 0 Å². The van der Waals surface area contributed by atoms with Crippen molar-refractivity contribution in [2.45, 2.75) is 6.42 Å². The van der Waals surface area contributed by atoms with Gasteiger partial charge >= 0.3 is 5.97 Å². The first kappa shape index (κ1) is 17.0. The van der Waals surface area contributed by atoms with Crippen molar-refractivity contribution >= 4 is 52.4 Å². The number of amides is 1. The maximum absolute atomic E-state index is 11.8. The van der Waals surface area contributed by atoms with E-state index in [1.54, 1.807) is 11.9 Å². The van der Waals surface area contributed by atoms with Crippen LogP contribution in [0.1, 0.15) is 6.42 Å². The minimum atomic E-state index is -0.916. The van der Waals surface area contributed by atoms with Crippen LogP contribution in [0.5, 0.6) is 0 Å². The van der Waals surface area contributed by atoms with Gasteiger partial charge in [-0.3, -0.25) is 14.5 Å². The fraction of sp³-hybridized carbons (Fsp3) is 0.333. The average molecular weight is 340 g/mol. The molecular formula is C12H13Cl3N2O3. The lowest BCUT2D eigenvalue weighted by atomic mass is 10.3. The Hall–Kier alpha value is -1.01. The Kier molecular flexibility index (Phi) is 6.55. The third kappa shape index (κ3) is 5.54. The first-order valence-electron chi connectivity index (χ1n) is 5.64. The number of aliphatic carboxylic acids is 1. The van der Waals surface area contributed by atoms with Crippen molar-refractivity contribution < 1.29 is 14.7 Å². The maximum Gasteiger partial charge on any atom is 0.304 e. The molecule has 0 radical (unpaired) electrons. The number of carboxylic acids is 1. The molecule has 0 atom stereocenters. The number of carboxylic acid groups (broad SMARTS) is 1. The smallest absolute Gasteiger partial charge is 0.304 e. The van der Waals surface area contributed by atoms with E-state index in [4.69, 9.17) is 39.9 Å². The summed E-state index contributed by atoms with van der Waals surface area (Å²) in [6, 6.07) is 2.94. The fourth-order valence-corrected chi connectivity index (χ4v) is 2.36. The molecule has 1 aromatic carbocycles. The Morgan fingerprint density at radius 2 is 1.80 bits per heavy atom. The maximum atomic E-state index is 11.8. The Bertz CT molecular complexity index is 500. The molecule has 1 aromatic rings. The van der Waals surface area contributed by atoms with Crippen LogP contribution in [0.25, 0.3) is 0 Å². The van der Waals surface area contributed by atoms with E-state index in [1.165, 1.54) is 12.1 Å². The van der Waals surface area contributed by atoms with Gasteiger partial charge in [-0.05, 0) is 19.2 Å². The van der Waals surface area contributed by atoms with Crippen molar-refractivity contribution in [2.75, 3.05) is 25.5 Å². The molecule has 20 heavy (non-hydrogen) atoms. The summed E-state index contributed by atoms with van der Waals surface area (Å²) < 4.78 is 0. The van der Waals surface area contributed by atoms with Crippen LogP contribution < -0.4 is 5.32 Å². The number of carbonyl (C=O) groups is 2. The molecule has 0 aliphatic heterocycles. The highest BCUT2D eigenvalue weighted by Crippen LogP contribution is 2.33. The van der Waals surface area contributed by atoms with E-state index in [-0.39, 0.29) is 41.2 Å². The summed E-state index contributed by atoms with van der Waals surface area (Å²) in [5.74, 6) is -1.26. The molecule has 8 heteroatoms. The van der Waals surface area contributed by atoms with Gasteiger partial charge < -0.3 is 10.4 Å². The van der Waals surface area contributed by atoms with Crippen LogP contribution >= 0.6 is 34.8 Å². The van der Waals surface area contributed by atoms with Gasteiger partial charge in [0.2, 0.25) is 5.91 Å². The highest BCUT2D eigenvalue weighted by molar-refractivity contribution is 6.42. The summed E-state index contributed by atoms with van der Waals surface area (Å²) in [6.07, 6.45) is -0.0355. The average Bonchev–Trinajstić information content (AvgIpc) is 2.31. The van der Waals surface area contributed by atoms with Crippen LogP contribution in [0, 0.1) is 0 Å². The van der Waals surface area contributed by atoms with Crippen LogP contribution in [0.2, 0.25) is 15.1 Å². The molecule has 0 aromatic heterocycles. The molecule has 0 aliphatic carbocycles. The van der Waals surface area contributed by atoms with Gasteiger partial charge in [0.05, 0.1) is 28.7 Å². The molecule has 0 fully saturated rings. The van der Waals surface area contributed by atoms with Crippen molar-refractivity contribution in [2.24, 2.45) is 0 Å². The zero-order chi connectivity index (χ0) is 15.3. The largest absolute Gasteiger partial charge is 0.481 e. The summed E-state index contributed by atoms with van der Waals surface area (Å²) in [5, 5.41) is 12.0. The molecule has 0 saturated carbocycles. The minimum absolute atomic E-state index is 0.0303. The molecule has 1 rings (SSSR count). The zero-order valence-electron chi connectivity index (χ0n) is 10.6. The van der Waals surface area contributed by atoms with E-state index in [2.05, 4.69) is 5.32 Å². The number of likely N-dealkylation sites (N-methyl/N-ethyl adjacent to an activating group) is 1. The monoisotopic (exact) mass is 338 g/mol. The van der Waals surface area contributed by atoms with E-state index >= 15 is 0 Å². The molecule has 0 unspecified atom stereocenters. The topological polar surface area (TPSA) is 69.6 Å². The van der Waals surface area contributed by atoms with Crippen LogP contribution in [0.3, 0.4) is 0 Å². The highest BCUT2D eigenvalue weighted by atomic mass is 35.5. The van der Waals surface area contributed by atoms with Gasteiger partial charge in [0.15, 0.2) is 0 Å². The first-order chi connectivity index (χ1) is 9.29. The summed E-state index contributed by atoms with van der Waals surface area (Å²) in [4.78, 5) is 23.8. The number of hydrogen-bond acceptors (Lipinski definition) is 3. The number of nitrogens with zero attached hydrogens (tertiary/aromatic N) is 1. The second-order valence-corrected chi connectivity index (χ2v) is 5.42. The highest BCUT2D eigenvalue weighted by Gasteiger charge is 2.13. The Balaban J connectivity index is 2.61. The molecular weight excluding hydrogens is 327 g/mol. The molecule has 2 N–H and O–H groups in total. The SMILES string of the molecule is CN(CCC(=O)O)CC(=O)Nc1c(Cl)cc(Cl)cc1Cl. The number of benzene rings is 1. The number of carbonyl (C=O) groups excluding carboxylic acids is 1. The lowest BCUT2D eigenvalue weighted by molar-refractivity contribution is -0.137. The van der Waals surface area contributed by atoms with Crippen LogP contribution in [0.15, 0.2) is 12.1 Å². The summed E-state index contributed by atoms with van der Waals surface area (Å²) in [6.45, 7) is 0.299. The van der Waals surface area contributed by atoms with Gasteiger partial charge in [0, 0.05) is 11.6 Å². The number of nitrogens with one attached hydrogen (secondary N) is 1. The van der Waals surface area contributed by atoms with E-state index in [1.807, 2.05) is 0 Å². The zero-order valence-corrected chi connectivity index (χ0v) is 12.9. The molecule has 0 bridgehead atoms. The van der Waals surface area contributed by atoms with E-state index in [0.29, 0.717) is 5.02 Å². The quantitative estimate of drug-likeness (QED) is 0.836. The first-order valence-corrected chi connectivity index (χ1v) is 6.77. The van der Waals surface area contributed by atoms with Crippen molar-refractivity contribution in [1.82, 2.24) is 4.90 Å². The number of halogens is 3. The van der Waals surface area contributed by atoms with Crippen LogP contribution in [-0.2, 0) is 9.59 Å². The second-order valence-electron chi connectivity index (χ2n) is 4.17. The Morgan fingerprint density at radius 3 is 2.30 bits per heavy atom. The molecule has 0 aliphatic rings. The summed E-state index contributed by atoms with van der Waals surface area (Å²) in [7, 11) is 1.65. The molecule has 5 nitrogen and oxygen atoms in total. The second kappa shape index (κ2) is 7.69. The summed E-state index contributed by atoms with van der Waals surface area (Å²) in [5.41, 5.74) is 0.286. The van der Waals surface area contributed by atoms with Crippen LogP contribution in [-0.4, -0.2) is 42.0 Å². The third-order valence-electron chi connectivity index (χ3n) is 2.39. The Labute approximate surface area is 131 Å². The van der Waals surface area contributed by atoms with Gasteiger partial charge in [-0.1, -0.05) is 34.8 Å². The van der Waals surface area contributed by atoms with Gasteiger partial charge in [-0.2, -0.15) is 0 Å². The lowest BCUT2D eigenvalue weighted by Crippen LogP contribution is -2.31. The van der Waals surface area contributed by atoms with Crippen molar-refractivity contribution in [3.05, 3.63) is 27.2 Å². The lowest BCUT2D eigenvalue weighted by Gasteiger charge is -2.16. The molecule has 1 amide bonds. The predicted octanol–water partition coefficient (Wildman–Crippen LogP) is 2.99. The van der Waals surface area contributed by atoms with Crippen molar-refractivity contribution in [3.63, 3.8) is 0 Å². The molecule has 0 saturated heterocycles. The van der Waals surface area contributed by atoms with E-state index < -0.39 is 5.97 Å². The Morgan fingerprint density at radius 1 is 1.25 bits per heavy atom. The minimum Gasteiger partial charge on any atom is -0.481 e. The van der Waals surface area contributed by atoms with Crippen molar-refractivity contribution in [3.8, 4) is 0 Å². The van der Waals surface area contributed by atoms with Crippen molar-refractivity contribution in [1.29, 1.82) is 0 Å². The van der Waals surface area contributed by atoms with Crippen LogP contribution in [0.4, 0.5) is 5.69 Å².